The van der Waals surface area contributed by atoms with Gasteiger partial charge in [0.05, 0.1) is 16.1 Å². The van der Waals surface area contributed by atoms with E-state index in [2.05, 4.69) is 5.32 Å². The molecule has 0 radical (unpaired) electrons. The molecule has 4 aromatic rings. The quantitative estimate of drug-likeness (QED) is 0.203. The first-order valence-electron chi connectivity index (χ1n) is 12.0. The maximum Gasteiger partial charge on any atom is 0.290 e. The van der Waals surface area contributed by atoms with Gasteiger partial charge in [-0.25, -0.2) is 8.78 Å². The topological polar surface area (TPSA) is 86.6 Å². The van der Waals surface area contributed by atoms with Crippen LogP contribution in [-0.4, -0.2) is 28.9 Å². The van der Waals surface area contributed by atoms with Crippen LogP contribution in [0.4, 0.5) is 13.6 Å². The van der Waals surface area contributed by atoms with Gasteiger partial charge in [0, 0.05) is 23.0 Å². The van der Waals surface area contributed by atoms with Crippen LogP contribution in [-0.2, 0) is 11.8 Å². The molecule has 1 fully saturated rings. The number of carbonyl (C=O) groups is 2. The Kier molecular flexibility index (Phi) is 7.64. The van der Waals surface area contributed by atoms with Crippen molar-refractivity contribution in [1.82, 2.24) is 9.88 Å². The number of rotatable bonds is 7. The summed E-state index contributed by atoms with van der Waals surface area (Å²) in [5.41, 5.74) is 2.02. The van der Waals surface area contributed by atoms with Gasteiger partial charge in [-0.3, -0.25) is 19.7 Å². The van der Waals surface area contributed by atoms with Crippen LogP contribution in [0.3, 0.4) is 0 Å². The fourth-order valence-electron chi connectivity index (χ4n) is 4.38. The van der Waals surface area contributed by atoms with E-state index in [1.807, 2.05) is 0 Å². The number of hydrogen-bond acceptors (Lipinski definition) is 6. The highest BCUT2D eigenvalue weighted by atomic mass is 35.5. The van der Waals surface area contributed by atoms with Crippen molar-refractivity contribution in [3.8, 4) is 22.8 Å². The summed E-state index contributed by atoms with van der Waals surface area (Å²) in [6.45, 7) is 1.81. The second-order valence-corrected chi connectivity index (χ2v) is 10.3. The summed E-state index contributed by atoms with van der Waals surface area (Å²) in [6, 6.07) is 15.1. The molecule has 0 atom stereocenters. The third-order valence-electron chi connectivity index (χ3n) is 6.36. The van der Waals surface area contributed by atoms with Crippen molar-refractivity contribution in [2.45, 2.75) is 6.92 Å². The largest absolute Gasteiger partial charge is 0.490 e. The van der Waals surface area contributed by atoms with Crippen LogP contribution in [0.15, 0.2) is 70.4 Å². The molecule has 0 aliphatic carbocycles. The lowest BCUT2D eigenvalue weighted by molar-refractivity contribution is -0.115. The first-order valence-corrected chi connectivity index (χ1v) is 13.2. The average molecular weight is 583 g/mol. The normalized spacial score (nSPS) is 14.4. The van der Waals surface area contributed by atoms with Crippen molar-refractivity contribution in [2.75, 3.05) is 13.2 Å². The maximum absolute atomic E-state index is 14.1. The van der Waals surface area contributed by atoms with Gasteiger partial charge < -0.3 is 14.0 Å². The first kappa shape index (κ1) is 27.4. The lowest BCUT2D eigenvalue weighted by atomic mass is 10.1. The maximum atomic E-state index is 14.1. The zero-order valence-corrected chi connectivity index (χ0v) is 22.8. The van der Waals surface area contributed by atoms with E-state index in [0.29, 0.717) is 32.2 Å². The van der Waals surface area contributed by atoms with Crippen LogP contribution < -0.4 is 20.2 Å². The lowest BCUT2D eigenvalue weighted by Crippen LogP contribution is -2.18. The number of allylic oxidation sites excluding steroid dienone is 1. The molecule has 1 aliphatic heterocycles. The number of carbonyl (C=O) groups excluding carboxylic acids is 2. The van der Waals surface area contributed by atoms with Crippen molar-refractivity contribution >= 4 is 51.0 Å². The highest BCUT2D eigenvalue weighted by molar-refractivity contribution is 8.18. The van der Waals surface area contributed by atoms with Gasteiger partial charge in [0.25, 0.3) is 11.1 Å². The average Bonchev–Trinajstić information content (AvgIpc) is 3.28. The molecule has 2 heterocycles. The molecule has 0 saturated carbocycles. The number of aryl methyl sites for hydroxylation is 1. The number of ether oxygens (including phenoxy) is 2. The predicted molar refractivity (Wildman–Crippen MR) is 151 cm³/mol. The number of amides is 2. The molecule has 11 heteroatoms. The Bertz CT molecular complexity index is 1770. The SMILES string of the molecule is CC(=C1SC(=O)NC1=O)c1ccc(OCCOc2c(-c3ccc(F)c(F)c3)n(C)c3cc(Cl)ccc3c2=O)cc1. The van der Waals surface area contributed by atoms with Gasteiger partial charge >= 0.3 is 0 Å². The predicted octanol–water partition coefficient (Wildman–Crippen LogP) is 6.31. The van der Waals surface area contributed by atoms with Crippen LogP contribution in [0.2, 0.25) is 5.02 Å². The summed E-state index contributed by atoms with van der Waals surface area (Å²) in [7, 11) is 1.68. The van der Waals surface area contributed by atoms with Crippen LogP contribution in [0.25, 0.3) is 27.7 Å². The van der Waals surface area contributed by atoms with Gasteiger partial charge in [-0.1, -0.05) is 23.7 Å². The monoisotopic (exact) mass is 582 g/mol. The van der Waals surface area contributed by atoms with E-state index >= 15 is 0 Å². The second kappa shape index (κ2) is 11.1. The van der Waals surface area contributed by atoms with Gasteiger partial charge in [0.15, 0.2) is 17.4 Å². The zero-order chi connectivity index (χ0) is 28.6. The van der Waals surface area contributed by atoms with E-state index in [4.69, 9.17) is 21.1 Å². The molecule has 7 nitrogen and oxygen atoms in total. The molecule has 1 aromatic heterocycles. The fraction of sp³-hybridized carbons (Fsp3) is 0.138. The molecule has 3 aromatic carbocycles. The van der Waals surface area contributed by atoms with E-state index in [1.54, 1.807) is 61.0 Å². The summed E-state index contributed by atoms with van der Waals surface area (Å²) in [4.78, 5) is 37.1. The van der Waals surface area contributed by atoms with Gasteiger partial charge in [-0.2, -0.15) is 0 Å². The molecule has 1 saturated heterocycles. The van der Waals surface area contributed by atoms with Gasteiger partial charge in [0.2, 0.25) is 5.43 Å². The summed E-state index contributed by atoms with van der Waals surface area (Å²) in [5, 5.41) is 2.60. The molecule has 204 valence electrons. The summed E-state index contributed by atoms with van der Waals surface area (Å²) in [6.07, 6.45) is 0. The van der Waals surface area contributed by atoms with E-state index in [9.17, 15) is 23.2 Å². The summed E-state index contributed by atoms with van der Waals surface area (Å²) in [5.74, 6) is -2.00. The Hall–Kier alpha value is -4.15. The Balaban J connectivity index is 1.37. The van der Waals surface area contributed by atoms with E-state index in [1.165, 1.54) is 6.07 Å². The number of pyridine rings is 1. The number of benzene rings is 3. The minimum absolute atomic E-state index is 0.0191. The number of aromatic nitrogens is 1. The molecular formula is C29H21ClF2N2O5S. The molecule has 40 heavy (non-hydrogen) atoms. The lowest BCUT2D eigenvalue weighted by Gasteiger charge is -2.18. The summed E-state index contributed by atoms with van der Waals surface area (Å²) >= 11 is 7.01. The number of nitrogens with one attached hydrogen (secondary N) is 1. The Morgan fingerprint density at radius 2 is 1.68 bits per heavy atom. The highest BCUT2D eigenvalue weighted by Crippen LogP contribution is 2.33. The van der Waals surface area contributed by atoms with Gasteiger partial charge in [-0.05, 0) is 78.4 Å². The van der Waals surface area contributed by atoms with Crippen molar-refractivity contribution in [1.29, 1.82) is 0 Å². The van der Waals surface area contributed by atoms with Crippen molar-refractivity contribution in [3.63, 3.8) is 0 Å². The highest BCUT2D eigenvalue weighted by Gasteiger charge is 2.27. The number of hydrogen-bond donors (Lipinski definition) is 1. The molecular weight excluding hydrogens is 562 g/mol. The Labute approximate surface area is 236 Å². The molecule has 0 spiro atoms. The molecule has 5 rings (SSSR count). The van der Waals surface area contributed by atoms with Crippen LogP contribution in [0, 0.1) is 11.6 Å². The Morgan fingerprint density at radius 3 is 2.35 bits per heavy atom. The van der Waals surface area contributed by atoms with Crippen LogP contribution in [0.1, 0.15) is 12.5 Å². The minimum atomic E-state index is -1.06. The number of fused-ring (bicyclic) bond motifs is 1. The van der Waals surface area contributed by atoms with E-state index in [0.717, 1.165) is 29.5 Å². The van der Waals surface area contributed by atoms with E-state index < -0.39 is 28.2 Å². The fourth-order valence-corrected chi connectivity index (χ4v) is 5.29. The van der Waals surface area contributed by atoms with E-state index in [-0.39, 0.29) is 30.2 Å². The number of thioether (sulfide) groups is 1. The van der Waals surface area contributed by atoms with Gasteiger partial charge in [0.1, 0.15) is 19.0 Å². The molecule has 2 amide bonds. The van der Waals surface area contributed by atoms with Gasteiger partial charge in [-0.15, -0.1) is 0 Å². The summed E-state index contributed by atoms with van der Waals surface area (Å²) < 4.78 is 41.1. The standard InChI is InChI=1S/C29H21ClF2N2O5S/c1-15(27-28(36)33-29(37)40-27)16-3-7-19(8-4-16)38-11-12-39-26-24(17-5-10-21(31)22(32)13-17)34(2)23-14-18(30)6-9-20(23)25(26)35/h3-10,13-14H,11-12H2,1-2H3,(H,33,36,37). The number of halogens is 3. The first-order chi connectivity index (χ1) is 19.1. The second-order valence-electron chi connectivity index (χ2n) is 8.88. The zero-order valence-electron chi connectivity index (χ0n) is 21.2. The molecule has 0 bridgehead atoms. The van der Waals surface area contributed by atoms with Crippen molar-refractivity contribution in [2.24, 2.45) is 7.05 Å². The smallest absolute Gasteiger partial charge is 0.290 e. The Morgan fingerprint density at radius 1 is 0.950 bits per heavy atom. The van der Waals surface area contributed by atoms with Crippen molar-refractivity contribution in [3.05, 3.63) is 98.0 Å². The number of nitrogens with zero attached hydrogens (tertiary/aromatic N) is 1. The number of imide groups is 1. The minimum Gasteiger partial charge on any atom is -0.490 e. The molecule has 1 aliphatic rings. The van der Waals surface area contributed by atoms with Crippen LogP contribution >= 0.6 is 23.4 Å². The molecule has 1 N–H and O–H groups in total. The van der Waals surface area contributed by atoms with Crippen LogP contribution in [0.5, 0.6) is 11.5 Å². The molecule has 0 unspecified atom stereocenters. The van der Waals surface area contributed by atoms with Crippen molar-refractivity contribution < 1.29 is 27.8 Å². The third-order valence-corrected chi connectivity index (χ3v) is 7.58. The third kappa shape index (κ3) is 5.32.